The van der Waals surface area contributed by atoms with E-state index >= 15 is 0 Å². The van der Waals surface area contributed by atoms with Crippen LogP contribution in [0.2, 0.25) is 10.0 Å². The van der Waals surface area contributed by atoms with Crippen molar-refractivity contribution in [2.75, 3.05) is 0 Å². The van der Waals surface area contributed by atoms with Gasteiger partial charge in [0, 0.05) is 27.2 Å². The minimum Gasteiger partial charge on any atom is -0.358 e. The van der Waals surface area contributed by atoms with Crippen LogP contribution in [0.15, 0.2) is 66.7 Å². The topological polar surface area (TPSA) is 54.0 Å². The fourth-order valence-corrected chi connectivity index (χ4v) is 6.16. The number of thiocarbonyl (C=S) groups is 1. The fraction of sp³-hybridized carbons (Fsp3) is 0.0417. The molecule has 1 amide bonds. The van der Waals surface area contributed by atoms with E-state index in [2.05, 4.69) is 16.7 Å². The van der Waals surface area contributed by atoms with E-state index in [0.29, 0.717) is 21.5 Å². The Kier molecular flexibility index (Phi) is 6.32. The summed E-state index contributed by atoms with van der Waals surface area (Å²) in [5, 5.41) is 8.79. The molecule has 0 atom stereocenters. The van der Waals surface area contributed by atoms with Gasteiger partial charge in [-0.2, -0.15) is 0 Å². The number of hydrogen-bond acceptors (Lipinski definition) is 5. The highest BCUT2D eigenvalue weighted by atomic mass is 35.5. The number of benzene rings is 3. The zero-order valence-electron chi connectivity index (χ0n) is 16.9. The lowest BCUT2D eigenvalue weighted by molar-refractivity contribution is 0.0981. The molecule has 0 saturated heterocycles. The molecule has 2 N–H and O–H groups in total. The maximum atomic E-state index is 12.7. The summed E-state index contributed by atoms with van der Waals surface area (Å²) in [7, 11) is 0. The van der Waals surface area contributed by atoms with Gasteiger partial charge in [0.1, 0.15) is 9.88 Å². The normalized spacial score (nSPS) is 11.1. The van der Waals surface area contributed by atoms with Crippen LogP contribution in [0.1, 0.15) is 15.2 Å². The lowest BCUT2D eigenvalue weighted by Crippen LogP contribution is -2.38. The minimum atomic E-state index is -0.346. The number of thiophene rings is 1. The van der Waals surface area contributed by atoms with Crippen LogP contribution in [-0.4, -0.2) is 16.0 Å². The Bertz CT molecular complexity index is 1480. The Morgan fingerprint density at radius 3 is 2.55 bits per heavy atom. The summed E-state index contributed by atoms with van der Waals surface area (Å²) in [5.41, 5.74) is 3.10. The maximum absolute atomic E-state index is 12.7. The number of nitrogens with zero attached hydrogens (tertiary/aromatic N) is 1. The van der Waals surface area contributed by atoms with Crippen LogP contribution in [0.4, 0.5) is 0 Å². The van der Waals surface area contributed by atoms with Gasteiger partial charge in [-0.25, -0.2) is 4.98 Å². The van der Waals surface area contributed by atoms with Crippen molar-refractivity contribution >= 4 is 89.4 Å². The van der Waals surface area contributed by atoms with Gasteiger partial charge in [0.25, 0.3) is 5.91 Å². The first-order chi connectivity index (χ1) is 16.0. The molecule has 33 heavy (non-hydrogen) atoms. The van der Waals surface area contributed by atoms with Crippen LogP contribution in [0.25, 0.3) is 30.9 Å². The van der Waals surface area contributed by atoms with Crippen molar-refractivity contribution in [1.29, 1.82) is 0 Å². The predicted molar refractivity (Wildman–Crippen MR) is 144 cm³/mol. The van der Waals surface area contributed by atoms with Gasteiger partial charge >= 0.3 is 0 Å². The van der Waals surface area contributed by atoms with Crippen molar-refractivity contribution in [1.82, 2.24) is 15.6 Å². The smallest absolute Gasteiger partial charge is 0.269 e. The largest absolute Gasteiger partial charge is 0.358 e. The molecule has 0 aliphatic rings. The number of aromatic nitrogens is 1. The maximum Gasteiger partial charge on any atom is 0.269 e. The standard InChI is InChI=1S/C24H15Cl2N3OS3/c25-15-9-10-16-19(11-15)32-21(20(16)26)22(30)29-24(31)27-12-13-5-7-14(8-6-13)23-28-17-3-1-2-4-18(17)33-23/h1-11H,12H2,(H2,27,29,30,31). The van der Waals surface area contributed by atoms with Gasteiger partial charge in [-0.1, -0.05) is 65.7 Å². The molecule has 2 heterocycles. The van der Waals surface area contributed by atoms with E-state index in [1.165, 1.54) is 16.0 Å². The number of carbonyl (C=O) groups excluding carboxylic acids is 1. The Labute approximate surface area is 213 Å². The molecule has 5 aromatic rings. The SMILES string of the molecule is O=C(NC(=S)NCc1ccc(-c2nc3ccccc3s2)cc1)c1sc2cc(Cl)ccc2c1Cl. The lowest BCUT2D eigenvalue weighted by Gasteiger charge is -2.09. The molecule has 164 valence electrons. The molecular formula is C24H15Cl2N3OS3. The molecule has 2 aromatic heterocycles. The zero-order chi connectivity index (χ0) is 22.9. The van der Waals surface area contributed by atoms with E-state index in [1.807, 2.05) is 48.5 Å². The number of halogens is 2. The third-order valence-electron chi connectivity index (χ3n) is 4.97. The van der Waals surface area contributed by atoms with Crippen LogP contribution < -0.4 is 10.6 Å². The first-order valence-corrected chi connectivity index (χ1v) is 12.7. The number of rotatable bonds is 4. The minimum absolute atomic E-state index is 0.238. The molecule has 0 aliphatic heterocycles. The van der Waals surface area contributed by atoms with Crippen LogP contribution in [-0.2, 0) is 6.54 Å². The Morgan fingerprint density at radius 2 is 1.76 bits per heavy atom. The molecule has 0 spiro atoms. The number of thiazole rings is 1. The average Bonchev–Trinajstić information content (AvgIpc) is 3.39. The van der Waals surface area contributed by atoms with E-state index < -0.39 is 0 Å². The van der Waals surface area contributed by atoms with Gasteiger partial charge in [0.05, 0.1) is 15.2 Å². The first-order valence-electron chi connectivity index (χ1n) is 9.89. The molecule has 9 heteroatoms. The second kappa shape index (κ2) is 9.37. The van der Waals surface area contributed by atoms with E-state index in [1.54, 1.807) is 23.5 Å². The Balaban J connectivity index is 1.21. The van der Waals surface area contributed by atoms with Crippen molar-refractivity contribution in [3.8, 4) is 10.6 Å². The summed E-state index contributed by atoms with van der Waals surface area (Å²) < 4.78 is 2.02. The van der Waals surface area contributed by atoms with Gasteiger partial charge < -0.3 is 5.32 Å². The molecule has 0 radical (unpaired) electrons. The summed E-state index contributed by atoms with van der Waals surface area (Å²) in [6.45, 7) is 0.481. The number of amides is 1. The molecule has 0 saturated carbocycles. The summed E-state index contributed by atoms with van der Waals surface area (Å²) in [6.07, 6.45) is 0. The molecule has 0 unspecified atom stereocenters. The highest BCUT2D eigenvalue weighted by molar-refractivity contribution is 7.80. The van der Waals surface area contributed by atoms with Crippen molar-refractivity contribution < 1.29 is 4.79 Å². The van der Waals surface area contributed by atoms with Crippen molar-refractivity contribution in [2.24, 2.45) is 0 Å². The molecule has 5 rings (SSSR count). The highest BCUT2D eigenvalue weighted by Gasteiger charge is 2.18. The summed E-state index contributed by atoms with van der Waals surface area (Å²) >= 11 is 20.7. The number of hydrogen-bond donors (Lipinski definition) is 2. The van der Waals surface area contributed by atoms with E-state index in [9.17, 15) is 4.79 Å². The fourth-order valence-electron chi connectivity index (χ4n) is 3.33. The molecule has 0 bridgehead atoms. The number of fused-ring (bicyclic) bond motifs is 2. The van der Waals surface area contributed by atoms with E-state index in [-0.39, 0.29) is 11.0 Å². The molecule has 0 aliphatic carbocycles. The summed E-state index contributed by atoms with van der Waals surface area (Å²) in [6, 6.07) is 21.6. The van der Waals surface area contributed by atoms with E-state index in [0.717, 1.165) is 31.7 Å². The quantitative estimate of drug-likeness (QED) is 0.241. The summed E-state index contributed by atoms with van der Waals surface area (Å²) in [5.74, 6) is -0.346. The van der Waals surface area contributed by atoms with Crippen LogP contribution in [0.5, 0.6) is 0 Å². The monoisotopic (exact) mass is 527 g/mol. The van der Waals surface area contributed by atoms with Crippen molar-refractivity contribution in [3.05, 3.63) is 87.2 Å². The average molecular weight is 529 g/mol. The predicted octanol–water partition coefficient (Wildman–Crippen LogP) is 7.29. The second-order valence-electron chi connectivity index (χ2n) is 7.21. The van der Waals surface area contributed by atoms with Gasteiger partial charge in [0.2, 0.25) is 0 Å². The molecule has 0 fully saturated rings. The zero-order valence-corrected chi connectivity index (χ0v) is 20.9. The molecule has 3 aromatic carbocycles. The third kappa shape index (κ3) is 4.74. The van der Waals surface area contributed by atoms with Gasteiger partial charge in [-0.05, 0) is 42.0 Å². The number of nitrogens with one attached hydrogen (secondary N) is 2. The molecular weight excluding hydrogens is 513 g/mol. The Hall–Kier alpha value is -2.55. The van der Waals surface area contributed by atoms with Crippen LogP contribution >= 0.6 is 58.1 Å². The van der Waals surface area contributed by atoms with Crippen LogP contribution in [0, 0.1) is 0 Å². The van der Waals surface area contributed by atoms with E-state index in [4.69, 9.17) is 40.4 Å². The second-order valence-corrected chi connectivity index (χ2v) is 10.5. The third-order valence-corrected chi connectivity index (χ3v) is 8.20. The number of carbonyl (C=O) groups is 1. The van der Waals surface area contributed by atoms with Gasteiger partial charge in [-0.3, -0.25) is 10.1 Å². The highest BCUT2D eigenvalue weighted by Crippen LogP contribution is 2.36. The molecule has 4 nitrogen and oxygen atoms in total. The van der Waals surface area contributed by atoms with Crippen molar-refractivity contribution in [2.45, 2.75) is 6.54 Å². The van der Waals surface area contributed by atoms with Gasteiger partial charge in [0.15, 0.2) is 5.11 Å². The van der Waals surface area contributed by atoms with Crippen LogP contribution in [0.3, 0.4) is 0 Å². The lowest BCUT2D eigenvalue weighted by atomic mass is 10.1. The van der Waals surface area contributed by atoms with Crippen molar-refractivity contribution in [3.63, 3.8) is 0 Å². The summed E-state index contributed by atoms with van der Waals surface area (Å²) in [4.78, 5) is 17.8. The number of para-hydroxylation sites is 1. The van der Waals surface area contributed by atoms with Gasteiger partial charge in [-0.15, -0.1) is 22.7 Å². The Morgan fingerprint density at radius 1 is 0.970 bits per heavy atom. The first kappa shape index (κ1) is 22.3.